The molecule has 0 saturated heterocycles. The number of hydrogen-bond acceptors (Lipinski definition) is 3. The number of nitrogens with zero attached hydrogens (tertiary/aromatic N) is 1. The molecule has 256 valence electrons. The van der Waals surface area contributed by atoms with Gasteiger partial charge in [0.15, 0.2) is 0 Å². The van der Waals surface area contributed by atoms with Crippen molar-refractivity contribution in [3.63, 3.8) is 0 Å². The van der Waals surface area contributed by atoms with E-state index in [1.165, 1.54) is 24.0 Å². The molecule has 45 heavy (non-hydrogen) atoms. The van der Waals surface area contributed by atoms with Crippen molar-refractivity contribution in [2.24, 2.45) is 23.7 Å². The van der Waals surface area contributed by atoms with Crippen molar-refractivity contribution < 1.29 is 9.59 Å². The molecule has 4 unspecified atom stereocenters. The Morgan fingerprint density at radius 1 is 0.667 bits per heavy atom. The SMILES string of the molecule is CCC(C)CN(C(=O)C(C)CC)[C@H](C)c1ccccc1.CCC(C)CNC(=O)C(C)CC.CCCCN[C@H](C)c1ccccc1. The second-order valence-electron chi connectivity index (χ2n) is 12.9. The predicted octanol–water partition coefficient (Wildman–Crippen LogP) is 10.0. The van der Waals surface area contributed by atoms with E-state index < -0.39 is 0 Å². The minimum absolute atomic E-state index is 0.102. The number of nitrogens with one attached hydrogen (secondary N) is 2. The van der Waals surface area contributed by atoms with Crippen LogP contribution in [0.25, 0.3) is 0 Å². The summed E-state index contributed by atoms with van der Waals surface area (Å²) in [5, 5.41) is 6.44. The Kier molecular flexibility index (Phi) is 24.0. The molecule has 0 spiro atoms. The van der Waals surface area contributed by atoms with Crippen molar-refractivity contribution in [2.75, 3.05) is 19.6 Å². The average molecular weight is 624 g/mol. The van der Waals surface area contributed by atoms with Crippen LogP contribution < -0.4 is 10.6 Å². The molecular formula is C40H69N3O2. The first-order valence-electron chi connectivity index (χ1n) is 17.9. The third-order valence-corrected chi connectivity index (χ3v) is 8.93. The van der Waals surface area contributed by atoms with Gasteiger partial charge in [0.25, 0.3) is 0 Å². The van der Waals surface area contributed by atoms with Crippen LogP contribution in [0, 0.1) is 23.7 Å². The average Bonchev–Trinajstić information content (AvgIpc) is 3.09. The summed E-state index contributed by atoms with van der Waals surface area (Å²) in [7, 11) is 0. The van der Waals surface area contributed by atoms with Crippen LogP contribution in [-0.4, -0.2) is 36.3 Å². The highest BCUT2D eigenvalue weighted by Crippen LogP contribution is 2.24. The van der Waals surface area contributed by atoms with E-state index >= 15 is 0 Å². The van der Waals surface area contributed by atoms with Gasteiger partial charge in [0.05, 0.1) is 6.04 Å². The summed E-state index contributed by atoms with van der Waals surface area (Å²) in [6.45, 7) is 26.1. The molecule has 0 aliphatic rings. The van der Waals surface area contributed by atoms with E-state index in [2.05, 4.69) is 113 Å². The highest BCUT2D eigenvalue weighted by molar-refractivity contribution is 5.79. The molecule has 0 radical (unpaired) electrons. The maximum Gasteiger partial charge on any atom is 0.225 e. The van der Waals surface area contributed by atoms with Gasteiger partial charge in [-0.2, -0.15) is 0 Å². The number of unbranched alkanes of at least 4 members (excludes halogenated alkanes) is 1. The van der Waals surface area contributed by atoms with E-state index in [0.29, 0.717) is 17.9 Å². The largest absolute Gasteiger partial charge is 0.356 e. The van der Waals surface area contributed by atoms with Crippen LogP contribution in [0.4, 0.5) is 0 Å². The molecule has 2 amide bonds. The van der Waals surface area contributed by atoms with Gasteiger partial charge in [0.2, 0.25) is 11.8 Å². The minimum atomic E-state index is 0.102. The normalized spacial score (nSPS) is 14.6. The van der Waals surface area contributed by atoms with Gasteiger partial charge < -0.3 is 15.5 Å². The predicted molar refractivity (Wildman–Crippen MR) is 195 cm³/mol. The van der Waals surface area contributed by atoms with Gasteiger partial charge in [-0.25, -0.2) is 0 Å². The lowest BCUT2D eigenvalue weighted by atomic mass is 10.00. The number of carbonyl (C=O) groups is 2. The maximum absolute atomic E-state index is 12.7. The quantitative estimate of drug-likeness (QED) is 0.172. The summed E-state index contributed by atoms with van der Waals surface area (Å²) >= 11 is 0. The van der Waals surface area contributed by atoms with Gasteiger partial charge in [-0.05, 0) is 62.6 Å². The maximum atomic E-state index is 12.7. The van der Waals surface area contributed by atoms with E-state index in [9.17, 15) is 9.59 Å². The van der Waals surface area contributed by atoms with Crippen LogP contribution in [0.2, 0.25) is 0 Å². The third-order valence-electron chi connectivity index (χ3n) is 8.93. The molecule has 0 aromatic heterocycles. The van der Waals surface area contributed by atoms with Crippen LogP contribution in [-0.2, 0) is 9.59 Å². The molecule has 5 heteroatoms. The fraction of sp³-hybridized carbons (Fsp3) is 0.650. The Morgan fingerprint density at radius 3 is 1.64 bits per heavy atom. The van der Waals surface area contributed by atoms with Crippen LogP contribution in [0.3, 0.4) is 0 Å². The van der Waals surface area contributed by atoms with Crippen LogP contribution >= 0.6 is 0 Å². The molecule has 2 N–H and O–H groups in total. The van der Waals surface area contributed by atoms with Crippen LogP contribution in [0.5, 0.6) is 0 Å². The lowest BCUT2D eigenvalue weighted by Crippen LogP contribution is -2.39. The van der Waals surface area contributed by atoms with Gasteiger partial charge in [0.1, 0.15) is 0 Å². The number of hydrogen-bond donors (Lipinski definition) is 2. The Labute approximate surface area is 278 Å². The van der Waals surface area contributed by atoms with Crippen molar-refractivity contribution in [1.29, 1.82) is 0 Å². The van der Waals surface area contributed by atoms with Crippen LogP contribution in [0.15, 0.2) is 60.7 Å². The van der Waals surface area contributed by atoms with E-state index in [4.69, 9.17) is 0 Å². The Morgan fingerprint density at radius 2 is 1.18 bits per heavy atom. The lowest BCUT2D eigenvalue weighted by Gasteiger charge is -2.33. The smallest absolute Gasteiger partial charge is 0.225 e. The second kappa shape index (κ2) is 25.5. The van der Waals surface area contributed by atoms with Crippen molar-refractivity contribution in [3.8, 4) is 0 Å². The fourth-order valence-corrected chi connectivity index (χ4v) is 4.41. The first kappa shape index (κ1) is 42.3. The molecule has 0 heterocycles. The number of carbonyl (C=O) groups excluding carboxylic acids is 2. The first-order chi connectivity index (χ1) is 21.5. The fourth-order valence-electron chi connectivity index (χ4n) is 4.41. The zero-order valence-corrected chi connectivity index (χ0v) is 30.9. The lowest BCUT2D eigenvalue weighted by molar-refractivity contribution is -0.138. The van der Waals surface area contributed by atoms with Gasteiger partial charge >= 0.3 is 0 Å². The summed E-state index contributed by atoms with van der Waals surface area (Å²) in [5.74, 6) is 1.87. The molecule has 2 aromatic rings. The standard InChI is InChI=1S/C18H29NO.C12H19N.C10H21NO/c1-6-14(3)13-19(18(20)15(4)7-2)16(5)17-11-9-8-10-12-17;1-3-4-10-13-11(2)12-8-6-5-7-9-12;1-5-8(3)7-11-10(12)9(4)6-2/h8-12,14-16H,6-7,13H2,1-5H3;5-9,11,13H,3-4,10H2,1-2H3;8-9H,5-7H2,1-4H3,(H,11,12)/t14?,15?,16-;11-;/m11./s1. The van der Waals surface area contributed by atoms with Crippen molar-refractivity contribution >= 4 is 11.8 Å². The third kappa shape index (κ3) is 18.2. The summed E-state index contributed by atoms with van der Waals surface area (Å²) in [6.07, 6.45) is 6.57. The zero-order valence-electron chi connectivity index (χ0n) is 30.9. The highest BCUT2D eigenvalue weighted by Gasteiger charge is 2.25. The van der Waals surface area contributed by atoms with Gasteiger partial charge in [0, 0.05) is 31.0 Å². The van der Waals surface area contributed by atoms with Crippen molar-refractivity contribution in [1.82, 2.24) is 15.5 Å². The van der Waals surface area contributed by atoms with Crippen LogP contribution in [0.1, 0.15) is 138 Å². The number of benzene rings is 2. The molecule has 2 rings (SSSR count). The minimum Gasteiger partial charge on any atom is -0.356 e. The summed E-state index contributed by atoms with van der Waals surface area (Å²) < 4.78 is 0. The molecule has 5 nitrogen and oxygen atoms in total. The topological polar surface area (TPSA) is 61.4 Å². The van der Waals surface area contributed by atoms with Gasteiger partial charge in [-0.3, -0.25) is 9.59 Å². The van der Waals surface area contributed by atoms with E-state index in [0.717, 1.165) is 45.3 Å². The molecule has 0 saturated carbocycles. The summed E-state index contributed by atoms with van der Waals surface area (Å²) in [5.41, 5.74) is 2.59. The molecule has 6 atom stereocenters. The zero-order chi connectivity index (χ0) is 34.2. The Balaban J connectivity index is 0.000000677. The monoisotopic (exact) mass is 624 g/mol. The van der Waals surface area contributed by atoms with E-state index in [-0.39, 0.29) is 29.7 Å². The molecule has 0 aliphatic carbocycles. The van der Waals surface area contributed by atoms with E-state index in [1.807, 2.05) is 39.0 Å². The number of rotatable bonds is 17. The van der Waals surface area contributed by atoms with Gasteiger partial charge in [-0.15, -0.1) is 0 Å². The van der Waals surface area contributed by atoms with E-state index in [1.54, 1.807) is 0 Å². The molecule has 0 fully saturated rings. The molecule has 2 aromatic carbocycles. The molecule has 0 aliphatic heterocycles. The first-order valence-corrected chi connectivity index (χ1v) is 17.9. The summed E-state index contributed by atoms with van der Waals surface area (Å²) in [4.78, 5) is 26.0. The molecule has 0 bridgehead atoms. The summed E-state index contributed by atoms with van der Waals surface area (Å²) in [6, 6.07) is 21.5. The van der Waals surface area contributed by atoms with Crippen molar-refractivity contribution in [2.45, 2.75) is 127 Å². The van der Waals surface area contributed by atoms with Gasteiger partial charge in [-0.1, -0.05) is 142 Å². The Hall–Kier alpha value is -2.66. The Bertz CT molecular complexity index is 997. The molecular weight excluding hydrogens is 554 g/mol. The second-order valence-corrected chi connectivity index (χ2v) is 12.9. The number of amides is 2. The highest BCUT2D eigenvalue weighted by atomic mass is 16.2. The van der Waals surface area contributed by atoms with Crippen molar-refractivity contribution in [3.05, 3.63) is 71.8 Å².